The largest absolute Gasteiger partial charge is 0.478 e. The Morgan fingerprint density at radius 2 is 1.87 bits per heavy atom. The predicted octanol–water partition coefficient (Wildman–Crippen LogP) is 0.558. The third-order valence-electron chi connectivity index (χ3n) is 1.97. The lowest BCUT2D eigenvalue weighted by Gasteiger charge is -2.09. The molecule has 5 heteroatoms. The number of carbonyl (C=O) groups is 2. The molecule has 1 unspecified atom stereocenters. The minimum atomic E-state index is -1.02. The number of carboxylic acid groups (broad SMARTS) is 1. The lowest BCUT2D eigenvalue weighted by Crippen LogP contribution is -2.22. The molecule has 0 fully saturated rings. The van der Waals surface area contributed by atoms with Gasteiger partial charge in [-0.2, -0.15) is 0 Å². The molecule has 0 aliphatic rings. The van der Waals surface area contributed by atoms with Crippen LogP contribution >= 0.6 is 0 Å². The van der Waals surface area contributed by atoms with Gasteiger partial charge in [0, 0.05) is 0 Å². The summed E-state index contributed by atoms with van der Waals surface area (Å²) in [6.07, 6.45) is 0. The zero-order valence-electron chi connectivity index (χ0n) is 8.14. The highest BCUT2D eigenvalue weighted by molar-refractivity contribution is 5.87. The van der Waals surface area contributed by atoms with Gasteiger partial charge in [0.2, 0.25) is 0 Å². The third kappa shape index (κ3) is 2.54. The van der Waals surface area contributed by atoms with E-state index in [-0.39, 0.29) is 5.56 Å². The van der Waals surface area contributed by atoms with Crippen molar-refractivity contribution in [3.8, 4) is 0 Å². The summed E-state index contributed by atoms with van der Waals surface area (Å²) < 4.78 is 4.46. The summed E-state index contributed by atoms with van der Waals surface area (Å²) in [5, 5.41) is 8.65. The Balaban J connectivity index is 2.89. The summed E-state index contributed by atoms with van der Waals surface area (Å²) in [5.74, 6) is -1.58. The molecule has 0 saturated carbocycles. The highest BCUT2D eigenvalue weighted by atomic mass is 16.5. The van der Waals surface area contributed by atoms with E-state index in [0.29, 0.717) is 5.56 Å². The number of carboxylic acids is 1. The van der Waals surface area contributed by atoms with Gasteiger partial charge in [0.15, 0.2) is 0 Å². The van der Waals surface area contributed by atoms with Gasteiger partial charge in [-0.15, -0.1) is 0 Å². The number of benzene rings is 1. The summed E-state index contributed by atoms with van der Waals surface area (Å²) >= 11 is 0. The first-order chi connectivity index (χ1) is 7.06. The number of esters is 1. The van der Waals surface area contributed by atoms with Crippen molar-refractivity contribution in [2.45, 2.75) is 6.04 Å². The average Bonchev–Trinajstić information content (AvgIpc) is 2.27. The SMILES string of the molecule is COC(=O)C(N)c1ccc(C(=O)O)cc1. The number of hydrogen-bond donors (Lipinski definition) is 2. The fourth-order valence-corrected chi connectivity index (χ4v) is 1.10. The summed E-state index contributed by atoms with van der Waals surface area (Å²) in [6.45, 7) is 0. The molecule has 1 aromatic rings. The topological polar surface area (TPSA) is 89.6 Å². The summed E-state index contributed by atoms with van der Waals surface area (Å²) in [5.41, 5.74) is 6.22. The Labute approximate surface area is 86.5 Å². The van der Waals surface area contributed by atoms with E-state index < -0.39 is 18.0 Å². The summed E-state index contributed by atoms with van der Waals surface area (Å²) in [4.78, 5) is 21.6. The average molecular weight is 209 g/mol. The van der Waals surface area contributed by atoms with Crippen molar-refractivity contribution in [3.05, 3.63) is 35.4 Å². The van der Waals surface area contributed by atoms with Crippen molar-refractivity contribution in [2.75, 3.05) is 7.11 Å². The van der Waals surface area contributed by atoms with Gasteiger partial charge in [-0.05, 0) is 17.7 Å². The highest BCUT2D eigenvalue weighted by Crippen LogP contribution is 2.12. The fourth-order valence-electron chi connectivity index (χ4n) is 1.10. The van der Waals surface area contributed by atoms with Crippen molar-refractivity contribution < 1.29 is 19.4 Å². The number of hydrogen-bond acceptors (Lipinski definition) is 4. The van der Waals surface area contributed by atoms with E-state index in [1.165, 1.54) is 31.4 Å². The maximum atomic E-state index is 11.1. The van der Waals surface area contributed by atoms with E-state index in [1.54, 1.807) is 0 Å². The maximum absolute atomic E-state index is 11.1. The third-order valence-corrected chi connectivity index (χ3v) is 1.97. The molecule has 0 heterocycles. The number of methoxy groups -OCH3 is 1. The number of nitrogens with two attached hydrogens (primary N) is 1. The second-order valence-corrected chi connectivity index (χ2v) is 2.93. The van der Waals surface area contributed by atoms with Crippen LogP contribution in [0.4, 0.5) is 0 Å². The van der Waals surface area contributed by atoms with Gasteiger partial charge in [-0.1, -0.05) is 12.1 Å². The molecule has 0 aliphatic heterocycles. The molecule has 0 saturated heterocycles. The Bertz CT molecular complexity index is 372. The molecule has 0 radical (unpaired) electrons. The van der Waals surface area contributed by atoms with Crippen LogP contribution in [0.1, 0.15) is 22.0 Å². The number of carbonyl (C=O) groups excluding carboxylic acids is 1. The zero-order chi connectivity index (χ0) is 11.4. The van der Waals surface area contributed by atoms with E-state index >= 15 is 0 Å². The normalized spacial score (nSPS) is 11.9. The van der Waals surface area contributed by atoms with Gasteiger partial charge in [0.05, 0.1) is 12.7 Å². The minimum Gasteiger partial charge on any atom is -0.478 e. The predicted molar refractivity (Wildman–Crippen MR) is 52.3 cm³/mol. The van der Waals surface area contributed by atoms with E-state index in [9.17, 15) is 9.59 Å². The van der Waals surface area contributed by atoms with Crippen molar-refractivity contribution in [2.24, 2.45) is 5.73 Å². The van der Waals surface area contributed by atoms with Crippen molar-refractivity contribution >= 4 is 11.9 Å². The molecule has 1 rings (SSSR count). The van der Waals surface area contributed by atoms with Crippen molar-refractivity contribution in [1.82, 2.24) is 0 Å². The molecule has 5 nitrogen and oxygen atoms in total. The van der Waals surface area contributed by atoms with Gasteiger partial charge in [-0.3, -0.25) is 4.79 Å². The number of ether oxygens (including phenoxy) is 1. The van der Waals surface area contributed by atoms with Crippen LogP contribution < -0.4 is 5.73 Å². The Hall–Kier alpha value is -1.88. The molecule has 1 aromatic carbocycles. The molecule has 3 N–H and O–H groups in total. The summed E-state index contributed by atoms with van der Waals surface area (Å²) in [7, 11) is 1.24. The molecule has 80 valence electrons. The monoisotopic (exact) mass is 209 g/mol. The van der Waals surface area contributed by atoms with E-state index in [0.717, 1.165) is 0 Å². The Kier molecular flexibility index (Phi) is 3.41. The second kappa shape index (κ2) is 4.56. The number of aromatic carboxylic acids is 1. The van der Waals surface area contributed by atoms with Crippen LogP contribution in [-0.4, -0.2) is 24.2 Å². The minimum absolute atomic E-state index is 0.149. The van der Waals surface area contributed by atoms with Crippen LogP contribution in [0.5, 0.6) is 0 Å². The van der Waals surface area contributed by atoms with Gasteiger partial charge < -0.3 is 15.6 Å². The van der Waals surface area contributed by atoms with Gasteiger partial charge in [-0.25, -0.2) is 4.79 Å². The molecule has 0 aliphatic carbocycles. The first-order valence-corrected chi connectivity index (χ1v) is 4.23. The molecule has 15 heavy (non-hydrogen) atoms. The highest BCUT2D eigenvalue weighted by Gasteiger charge is 2.16. The Morgan fingerprint density at radius 1 is 1.33 bits per heavy atom. The van der Waals surface area contributed by atoms with Crippen LogP contribution in [0, 0.1) is 0 Å². The standard InChI is InChI=1S/C10H11NO4/c1-15-10(14)8(11)6-2-4-7(5-3-6)9(12)13/h2-5,8H,11H2,1H3,(H,12,13). The van der Waals surface area contributed by atoms with E-state index in [2.05, 4.69) is 4.74 Å². The molecule has 0 bridgehead atoms. The van der Waals surface area contributed by atoms with Gasteiger partial charge in [0.25, 0.3) is 0 Å². The van der Waals surface area contributed by atoms with Crippen molar-refractivity contribution in [1.29, 1.82) is 0 Å². The molecule has 1 atom stereocenters. The van der Waals surface area contributed by atoms with Crippen LogP contribution in [0.25, 0.3) is 0 Å². The van der Waals surface area contributed by atoms with Crippen LogP contribution in [0.2, 0.25) is 0 Å². The molecule has 0 aromatic heterocycles. The maximum Gasteiger partial charge on any atom is 0.335 e. The molecular weight excluding hydrogens is 198 g/mol. The number of rotatable bonds is 3. The fraction of sp³-hybridized carbons (Fsp3) is 0.200. The van der Waals surface area contributed by atoms with E-state index in [1.807, 2.05) is 0 Å². The zero-order valence-corrected chi connectivity index (χ0v) is 8.14. The van der Waals surface area contributed by atoms with Crippen LogP contribution in [0.3, 0.4) is 0 Å². The van der Waals surface area contributed by atoms with Gasteiger partial charge in [0.1, 0.15) is 6.04 Å². The second-order valence-electron chi connectivity index (χ2n) is 2.93. The molecule has 0 amide bonds. The van der Waals surface area contributed by atoms with Crippen LogP contribution in [-0.2, 0) is 9.53 Å². The Morgan fingerprint density at radius 3 is 2.27 bits per heavy atom. The van der Waals surface area contributed by atoms with Crippen LogP contribution in [0.15, 0.2) is 24.3 Å². The lowest BCUT2D eigenvalue weighted by atomic mass is 10.1. The summed E-state index contributed by atoms with van der Waals surface area (Å²) in [6, 6.07) is 4.88. The quantitative estimate of drug-likeness (QED) is 0.710. The molecular formula is C10H11NO4. The van der Waals surface area contributed by atoms with Crippen molar-refractivity contribution in [3.63, 3.8) is 0 Å². The lowest BCUT2D eigenvalue weighted by molar-refractivity contribution is -0.142. The van der Waals surface area contributed by atoms with E-state index in [4.69, 9.17) is 10.8 Å². The first-order valence-electron chi connectivity index (χ1n) is 4.23. The molecule has 0 spiro atoms. The smallest absolute Gasteiger partial charge is 0.335 e. The first kappa shape index (κ1) is 11.2. The van der Waals surface area contributed by atoms with Gasteiger partial charge >= 0.3 is 11.9 Å².